The summed E-state index contributed by atoms with van der Waals surface area (Å²) >= 11 is 0. The zero-order valence-corrected chi connectivity index (χ0v) is 13.6. The van der Waals surface area contributed by atoms with Gasteiger partial charge in [-0.15, -0.1) is 0 Å². The van der Waals surface area contributed by atoms with Gasteiger partial charge in [0.25, 0.3) is 0 Å². The summed E-state index contributed by atoms with van der Waals surface area (Å²) in [6.45, 7) is 2.12. The zero-order valence-electron chi connectivity index (χ0n) is 13.6. The number of piperidine rings is 1. The van der Waals surface area contributed by atoms with E-state index in [9.17, 15) is 0 Å². The van der Waals surface area contributed by atoms with Crippen LogP contribution in [-0.4, -0.2) is 37.3 Å². The second-order valence-corrected chi connectivity index (χ2v) is 5.48. The van der Waals surface area contributed by atoms with Crippen LogP contribution in [0.1, 0.15) is 19.3 Å². The Labute approximate surface area is 136 Å². The van der Waals surface area contributed by atoms with E-state index in [-0.39, 0.29) is 0 Å². The lowest BCUT2D eigenvalue weighted by atomic mass is 10.1. The standard InChI is InChI=1S/C17H22N4O2/c1-22-13-6-7-14(15(12-13)23-2)19-17-18-9-8-16(20-17)21-10-4-3-5-11-21/h6-9,12H,3-5,10-11H2,1-2H3,(H,18,19,20). The van der Waals surface area contributed by atoms with E-state index in [4.69, 9.17) is 9.47 Å². The Kier molecular flexibility index (Phi) is 4.80. The molecule has 0 atom stereocenters. The predicted molar refractivity (Wildman–Crippen MR) is 90.9 cm³/mol. The molecule has 1 aromatic heterocycles. The fraction of sp³-hybridized carbons (Fsp3) is 0.412. The summed E-state index contributed by atoms with van der Waals surface area (Å²) in [4.78, 5) is 11.2. The number of rotatable bonds is 5. The topological polar surface area (TPSA) is 59.5 Å². The molecule has 1 fully saturated rings. The van der Waals surface area contributed by atoms with Gasteiger partial charge in [-0.05, 0) is 37.5 Å². The Morgan fingerprint density at radius 1 is 1.04 bits per heavy atom. The Balaban J connectivity index is 1.80. The van der Waals surface area contributed by atoms with E-state index in [0.717, 1.165) is 30.3 Å². The zero-order chi connectivity index (χ0) is 16.1. The van der Waals surface area contributed by atoms with Crippen LogP contribution < -0.4 is 19.7 Å². The van der Waals surface area contributed by atoms with Crippen molar-refractivity contribution in [1.29, 1.82) is 0 Å². The van der Waals surface area contributed by atoms with Gasteiger partial charge in [-0.3, -0.25) is 0 Å². The van der Waals surface area contributed by atoms with Gasteiger partial charge in [0.15, 0.2) is 0 Å². The Morgan fingerprint density at radius 3 is 2.61 bits per heavy atom. The molecule has 2 heterocycles. The minimum absolute atomic E-state index is 0.566. The number of nitrogens with one attached hydrogen (secondary N) is 1. The first-order valence-corrected chi connectivity index (χ1v) is 7.87. The fourth-order valence-corrected chi connectivity index (χ4v) is 2.73. The minimum atomic E-state index is 0.566. The maximum atomic E-state index is 5.40. The lowest BCUT2D eigenvalue weighted by Gasteiger charge is -2.27. The molecule has 23 heavy (non-hydrogen) atoms. The van der Waals surface area contributed by atoms with Crippen molar-refractivity contribution in [2.45, 2.75) is 19.3 Å². The summed E-state index contributed by atoms with van der Waals surface area (Å²) in [6, 6.07) is 7.56. The lowest BCUT2D eigenvalue weighted by molar-refractivity contribution is 0.395. The van der Waals surface area contributed by atoms with E-state index in [1.807, 2.05) is 24.3 Å². The molecule has 3 rings (SSSR count). The number of ether oxygens (including phenoxy) is 2. The van der Waals surface area contributed by atoms with Crippen LogP contribution in [0.25, 0.3) is 0 Å². The highest BCUT2D eigenvalue weighted by Gasteiger charge is 2.13. The summed E-state index contributed by atoms with van der Waals surface area (Å²) in [5.41, 5.74) is 0.809. The van der Waals surface area contributed by atoms with E-state index in [1.165, 1.54) is 19.3 Å². The quantitative estimate of drug-likeness (QED) is 0.914. The van der Waals surface area contributed by atoms with Gasteiger partial charge in [-0.2, -0.15) is 4.98 Å². The van der Waals surface area contributed by atoms with Crippen LogP contribution in [0.4, 0.5) is 17.5 Å². The highest BCUT2D eigenvalue weighted by atomic mass is 16.5. The van der Waals surface area contributed by atoms with Crippen molar-refractivity contribution in [1.82, 2.24) is 9.97 Å². The third-order valence-corrected chi connectivity index (χ3v) is 3.98. The van der Waals surface area contributed by atoms with E-state index < -0.39 is 0 Å². The molecule has 1 aliphatic rings. The number of methoxy groups -OCH3 is 2. The fourth-order valence-electron chi connectivity index (χ4n) is 2.73. The van der Waals surface area contributed by atoms with E-state index in [2.05, 4.69) is 20.2 Å². The third-order valence-electron chi connectivity index (χ3n) is 3.98. The van der Waals surface area contributed by atoms with Gasteiger partial charge in [0, 0.05) is 25.4 Å². The molecule has 0 bridgehead atoms. The Hall–Kier alpha value is -2.50. The highest BCUT2D eigenvalue weighted by Crippen LogP contribution is 2.31. The van der Waals surface area contributed by atoms with Crippen LogP contribution in [0.3, 0.4) is 0 Å². The van der Waals surface area contributed by atoms with Crippen molar-refractivity contribution >= 4 is 17.5 Å². The average Bonchev–Trinajstić information content (AvgIpc) is 2.63. The van der Waals surface area contributed by atoms with Crippen molar-refractivity contribution in [2.75, 3.05) is 37.5 Å². The summed E-state index contributed by atoms with van der Waals surface area (Å²) < 4.78 is 10.6. The van der Waals surface area contributed by atoms with Crippen LogP contribution in [0, 0.1) is 0 Å². The summed E-state index contributed by atoms with van der Waals surface area (Å²) in [6.07, 6.45) is 5.53. The molecule has 1 N–H and O–H groups in total. The van der Waals surface area contributed by atoms with Crippen LogP contribution in [0.15, 0.2) is 30.5 Å². The van der Waals surface area contributed by atoms with Crippen LogP contribution >= 0.6 is 0 Å². The summed E-state index contributed by atoms with van der Waals surface area (Å²) in [5.74, 6) is 2.97. The van der Waals surface area contributed by atoms with Gasteiger partial charge >= 0.3 is 0 Å². The molecular weight excluding hydrogens is 292 g/mol. The first kappa shape index (κ1) is 15.4. The van der Waals surface area contributed by atoms with Crippen molar-refractivity contribution in [3.63, 3.8) is 0 Å². The van der Waals surface area contributed by atoms with Crippen molar-refractivity contribution in [3.8, 4) is 11.5 Å². The molecule has 0 radical (unpaired) electrons. The molecule has 1 aromatic carbocycles. The molecule has 2 aromatic rings. The molecule has 0 spiro atoms. The van der Waals surface area contributed by atoms with Crippen molar-refractivity contribution < 1.29 is 9.47 Å². The number of nitrogens with zero attached hydrogens (tertiary/aromatic N) is 3. The number of anilines is 3. The number of aromatic nitrogens is 2. The second kappa shape index (κ2) is 7.17. The number of hydrogen-bond donors (Lipinski definition) is 1. The van der Waals surface area contributed by atoms with Gasteiger partial charge in [0.1, 0.15) is 17.3 Å². The molecule has 1 saturated heterocycles. The maximum Gasteiger partial charge on any atom is 0.229 e. The molecular formula is C17H22N4O2. The van der Waals surface area contributed by atoms with Gasteiger partial charge in [-0.1, -0.05) is 0 Å². The molecule has 0 aliphatic carbocycles. The van der Waals surface area contributed by atoms with Gasteiger partial charge in [0.2, 0.25) is 5.95 Å². The Morgan fingerprint density at radius 2 is 1.87 bits per heavy atom. The monoisotopic (exact) mass is 314 g/mol. The molecule has 122 valence electrons. The van der Waals surface area contributed by atoms with Crippen LogP contribution in [0.5, 0.6) is 11.5 Å². The second-order valence-electron chi connectivity index (χ2n) is 5.48. The van der Waals surface area contributed by atoms with Gasteiger partial charge in [-0.25, -0.2) is 4.98 Å². The molecule has 6 heteroatoms. The molecule has 0 unspecified atom stereocenters. The SMILES string of the molecule is COc1ccc(Nc2nccc(N3CCCCC3)n2)c(OC)c1. The first-order chi connectivity index (χ1) is 11.3. The smallest absolute Gasteiger partial charge is 0.229 e. The van der Waals surface area contributed by atoms with E-state index >= 15 is 0 Å². The van der Waals surface area contributed by atoms with Crippen molar-refractivity contribution in [3.05, 3.63) is 30.5 Å². The summed E-state index contributed by atoms with van der Waals surface area (Å²) in [7, 11) is 3.26. The third kappa shape index (κ3) is 3.64. The first-order valence-electron chi connectivity index (χ1n) is 7.87. The molecule has 0 amide bonds. The molecule has 0 saturated carbocycles. The van der Waals surface area contributed by atoms with Crippen molar-refractivity contribution in [2.24, 2.45) is 0 Å². The largest absolute Gasteiger partial charge is 0.497 e. The molecule has 1 aliphatic heterocycles. The normalized spacial score (nSPS) is 14.4. The van der Waals surface area contributed by atoms with Crippen LogP contribution in [0.2, 0.25) is 0 Å². The van der Waals surface area contributed by atoms with E-state index in [0.29, 0.717) is 11.7 Å². The van der Waals surface area contributed by atoms with E-state index in [1.54, 1.807) is 20.4 Å². The average molecular weight is 314 g/mol. The van der Waals surface area contributed by atoms with Gasteiger partial charge in [0.05, 0.1) is 19.9 Å². The van der Waals surface area contributed by atoms with Crippen LogP contribution in [-0.2, 0) is 0 Å². The maximum absolute atomic E-state index is 5.40. The number of hydrogen-bond acceptors (Lipinski definition) is 6. The number of benzene rings is 1. The lowest BCUT2D eigenvalue weighted by Crippen LogP contribution is -2.30. The molecule has 6 nitrogen and oxygen atoms in total. The van der Waals surface area contributed by atoms with Gasteiger partial charge < -0.3 is 19.7 Å². The predicted octanol–water partition coefficient (Wildman–Crippen LogP) is 3.23. The summed E-state index contributed by atoms with van der Waals surface area (Å²) in [5, 5.41) is 3.22. The Bertz CT molecular complexity index is 657. The minimum Gasteiger partial charge on any atom is -0.497 e. The highest BCUT2D eigenvalue weighted by molar-refractivity contribution is 5.65.